The minimum absolute atomic E-state index is 0.0274. The molecule has 1 aliphatic heterocycles. The first-order valence-electron chi connectivity index (χ1n) is 7.20. The van der Waals surface area contributed by atoms with Crippen molar-refractivity contribution in [3.63, 3.8) is 0 Å². The third-order valence-corrected chi connectivity index (χ3v) is 4.26. The van der Waals surface area contributed by atoms with Gasteiger partial charge in [0, 0.05) is 5.56 Å². The highest BCUT2D eigenvalue weighted by Crippen LogP contribution is 2.34. The second-order valence-corrected chi connectivity index (χ2v) is 5.76. The minimum atomic E-state index is -4.11. The maximum absolute atomic E-state index is 12.6. The summed E-state index contributed by atoms with van der Waals surface area (Å²) in [6.07, 6.45) is -3.96. The molecule has 0 radical (unpaired) electrons. The molecule has 0 aromatic heterocycles. The molecule has 116 valence electrons. The molecule has 1 aromatic carbocycles. The lowest BCUT2D eigenvalue weighted by atomic mass is 9.94. The Labute approximate surface area is 122 Å². The summed E-state index contributed by atoms with van der Waals surface area (Å²) in [4.78, 5) is 14.2. The third kappa shape index (κ3) is 3.84. The number of alkyl halides is 3. The summed E-state index contributed by atoms with van der Waals surface area (Å²) in [5.74, 6) is -1.25. The normalized spacial score (nSPS) is 19.5. The number of halogens is 3. The molecule has 0 aliphatic carbocycles. The zero-order chi connectivity index (χ0) is 15.6. The SMILES string of the molecule is Cc1ccc(C(=O)C(C)N2CCC(C(F)(F)F)CC2)cc1. The van der Waals surface area contributed by atoms with E-state index in [2.05, 4.69) is 0 Å². The van der Waals surface area contributed by atoms with Crippen LogP contribution >= 0.6 is 0 Å². The first-order valence-corrected chi connectivity index (χ1v) is 7.20. The predicted molar refractivity (Wildman–Crippen MR) is 75.3 cm³/mol. The molecule has 21 heavy (non-hydrogen) atoms. The summed E-state index contributed by atoms with van der Waals surface area (Å²) in [5.41, 5.74) is 1.69. The molecule has 5 heteroatoms. The van der Waals surface area contributed by atoms with Gasteiger partial charge >= 0.3 is 6.18 Å². The Morgan fingerprint density at radius 3 is 2.19 bits per heavy atom. The van der Waals surface area contributed by atoms with Crippen LogP contribution < -0.4 is 0 Å². The number of Topliss-reactive ketones (excluding diaryl/α,β-unsaturated/α-hetero) is 1. The number of likely N-dealkylation sites (tertiary alicyclic amines) is 1. The Bertz CT molecular complexity index is 487. The summed E-state index contributed by atoms with van der Waals surface area (Å²) in [6, 6.07) is 6.92. The summed E-state index contributed by atoms with van der Waals surface area (Å²) in [5, 5.41) is 0. The maximum Gasteiger partial charge on any atom is 0.391 e. The van der Waals surface area contributed by atoms with Crippen molar-refractivity contribution in [3.8, 4) is 0 Å². The monoisotopic (exact) mass is 299 g/mol. The van der Waals surface area contributed by atoms with Crippen LogP contribution in [0.25, 0.3) is 0 Å². The van der Waals surface area contributed by atoms with Crippen molar-refractivity contribution in [2.75, 3.05) is 13.1 Å². The Morgan fingerprint density at radius 1 is 1.19 bits per heavy atom. The molecule has 1 saturated heterocycles. The molecule has 1 heterocycles. The summed E-state index contributed by atoms with van der Waals surface area (Å²) < 4.78 is 37.9. The van der Waals surface area contributed by atoms with Gasteiger partial charge in [0.2, 0.25) is 0 Å². The van der Waals surface area contributed by atoms with E-state index < -0.39 is 12.1 Å². The summed E-state index contributed by atoms with van der Waals surface area (Å²) in [7, 11) is 0. The van der Waals surface area contributed by atoms with Gasteiger partial charge in [-0.15, -0.1) is 0 Å². The topological polar surface area (TPSA) is 20.3 Å². The highest BCUT2D eigenvalue weighted by molar-refractivity contribution is 5.99. The standard InChI is InChI=1S/C16H20F3NO/c1-11-3-5-13(6-4-11)15(21)12(2)20-9-7-14(8-10-20)16(17,18)19/h3-6,12,14H,7-10H2,1-2H3. The van der Waals surface area contributed by atoms with Gasteiger partial charge in [0.15, 0.2) is 5.78 Å². The van der Waals surface area contributed by atoms with Gasteiger partial charge in [-0.2, -0.15) is 13.2 Å². The average molecular weight is 299 g/mol. The van der Waals surface area contributed by atoms with Gasteiger partial charge in [0.1, 0.15) is 0 Å². The van der Waals surface area contributed by atoms with Crippen LogP contribution in [0.1, 0.15) is 35.7 Å². The van der Waals surface area contributed by atoms with Crippen molar-refractivity contribution in [1.29, 1.82) is 0 Å². The fourth-order valence-corrected chi connectivity index (χ4v) is 2.74. The van der Waals surface area contributed by atoms with Crippen molar-refractivity contribution in [2.45, 2.75) is 38.9 Å². The van der Waals surface area contributed by atoms with Crippen LogP contribution in [0.2, 0.25) is 0 Å². The van der Waals surface area contributed by atoms with Crippen LogP contribution in [-0.2, 0) is 0 Å². The molecule has 0 bridgehead atoms. The Balaban J connectivity index is 1.97. The molecule has 0 N–H and O–H groups in total. The van der Waals surface area contributed by atoms with E-state index in [9.17, 15) is 18.0 Å². The minimum Gasteiger partial charge on any atom is -0.293 e. The van der Waals surface area contributed by atoms with Crippen molar-refractivity contribution >= 4 is 5.78 Å². The highest BCUT2D eigenvalue weighted by Gasteiger charge is 2.42. The van der Waals surface area contributed by atoms with E-state index in [1.54, 1.807) is 19.1 Å². The van der Waals surface area contributed by atoms with Gasteiger partial charge in [0.25, 0.3) is 0 Å². The third-order valence-electron chi connectivity index (χ3n) is 4.26. The maximum atomic E-state index is 12.6. The van der Waals surface area contributed by atoms with Crippen LogP contribution in [0.3, 0.4) is 0 Å². The fourth-order valence-electron chi connectivity index (χ4n) is 2.74. The molecule has 0 spiro atoms. The van der Waals surface area contributed by atoms with Crippen LogP contribution in [0, 0.1) is 12.8 Å². The summed E-state index contributed by atoms with van der Waals surface area (Å²) in [6.45, 7) is 4.36. The second kappa shape index (κ2) is 6.18. The van der Waals surface area contributed by atoms with Gasteiger partial charge in [-0.1, -0.05) is 29.8 Å². The number of hydrogen-bond donors (Lipinski definition) is 0. The number of carbonyl (C=O) groups excluding carboxylic acids is 1. The number of benzene rings is 1. The number of aryl methyl sites for hydroxylation is 1. The number of ketones is 1. The molecular weight excluding hydrogens is 279 g/mol. The molecule has 0 saturated carbocycles. The molecule has 1 atom stereocenters. The lowest BCUT2D eigenvalue weighted by Crippen LogP contribution is -2.46. The van der Waals surface area contributed by atoms with Crippen molar-refractivity contribution in [1.82, 2.24) is 4.90 Å². The van der Waals surface area contributed by atoms with Crippen LogP contribution in [0.5, 0.6) is 0 Å². The van der Waals surface area contributed by atoms with E-state index in [0.717, 1.165) is 5.56 Å². The smallest absolute Gasteiger partial charge is 0.293 e. The van der Waals surface area contributed by atoms with Crippen LogP contribution in [0.15, 0.2) is 24.3 Å². The van der Waals surface area contributed by atoms with Crippen LogP contribution in [0.4, 0.5) is 13.2 Å². The Morgan fingerprint density at radius 2 is 1.71 bits per heavy atom. The molecule has 1 aromatic rings. The van der Waals surface area contributed by atoms with E-state index in [0.29, 0.717) is 18.7 Å². The van der Waals surface area contributed by atoms with E-state index >= 15 is 0 Å². The van der Waals surface area contributed by atoms with Crippen LogP contribution in [-0.4, -0.2) is 36.0 Å². The van der Waals surface area contributed by atoms with Gasteiger partial charge in [-0.05, 0) is 39.8 Å². The van der Waals surface area contributed by atoms with E-state index in [1.165, 1.54) is 0 Å². The molecular formula is C16H20F3NO. The first kappa shape index (κ1) is 16.0. The van der Waals surface area contributed by atoms with Crippen molar-refractivity contribution in [2.24, 2.45) is 5.92 Å². The second-order valence-electron chi connectivity index (χ2n) is 5.76. The Kier molecular flexibility index (Phi) is 4.71. The zero-order valence-corrected chi connectivity index (χ0v) is 12.3. The highest BCUT2D eigenvalue weighted by atomic mass is 19.4. The quantitative estimate of drug-likeness (QED) is 0.790. The number of rotatable bonds is 3. The molecule has 2 nitrogen and oxygen atoms in total. The predicted octanol–water partition coefficient (Wildman–Crippen LogP) is 3.84. The van der Waals surface area contributed by atoms with Crippen molar-refractivity contribution < 1.29 is 18.0 Å². The lowest BCUT2D eigenvalue weighted by molar-refractivity contribution is -0.185. The lowest BCUT2D eigenvalue weighted by Gasteiger charge is -2.36. The van der Waals surface area contributed by atoms with Crippen molar-refractivity contribution in [3.05, 3.63) is 35.4 Å². The van der Waals surface area contributed by atoms with Gasteiger partial charge in [0.05, 0.1) is 12.0 Å². The molecule has 1 fully saturated rings. The van der Waals surface area contributed by atoms with E-state index in [1.807, 2.05) is 24.0 Å². The summed E-state index contributed by atoms with van der Waals surface area (Å²) >= 11 is 0. The largest absolute Gasteiger partial charge is 0.391 e. The van der Waals surface area contributed by atoms with E-state index in [4.69, 9.17) is 0 Å². The number of hydrogen-bond acceptors (Lipinski definition) is 2. The molecule has 2 rings (SSSR count). The Hall–Kier alpha value is -1.36. The first-order chi connectivity index (χ1) is 9.79. The molecule has 0 amide bonds. The number of carbonyl (C=O) groups is 1. The fraction of sp³-hybridized carbons (Fsp3) is 0.562. The molecule has 1 unspecified atom stereocenters. The van der Waals surface area contributed by atoms with Gasteiger partial charge in [-0.25, -0.2) is 0 Å². The number of piperidine rings is 1. The zero-order valence-electron chi connectivity index (χ0n) is 12.3. The van der Waals surface area contributed by atoms with E-state index in [-0.39, 0.29) is 24.7 Å². The molecule has 1 aliphatic rings. The number of nitrogens with zero attached hydrogens (tertiary/aromatic N) is 1. The van der Waals surface area contributed by atoms with Gasteiger partial charge < -0.3 is 0 Å². The average Bonchev–Trinajstić information content (AvgIpc) is 2.46. The van der Waals surface area contributed by atoms with Gasteiger partial charge in [-0.3, -0.25) is 9.69 Å².